The molecular formula is C52H33NOS. The van der Waals surface area contributed by atoms with Crippen LogP contribution in [0, 0.1) is 0 Å². The van der Waals surface area contributed by atoms with E-state index >= 15 is 0 Å². The van der Waals surface area contributed by atoms with Crippen LogP contribution in [0.4, 0.5) is 17.1 Å². The molecule has 0 N–H and O–H groups in total. The van der Waals surface area contributed by atoms with Crippen LogP contribution in [0.3, 0.4) is 0 Å². The maximum absolute atomic E-state index is 6.45. The van der Waals surface area contributed by atoms with Gasteiger partial charge < -0.3 is 9.32 Å². The largest absolute Gasteiger partial charge is 0.455 e. The van der Waals surface area contributed by atoms with Crippen LogP contribution in [0.15, 0.2) is 205 Å². The maximum Gasteiger partial charge on any atom is 0.143 e. The minimum atomic E-state index is 0.908. The smallest absolute Gasteiger partial charge is 0.143 e. The molecule has 0 saturated heterocycles. The minimum Gasteiger partial charge on any atom is -0.455 e. The molecule has 0 aliphatic rings. The number of hydrogen-bond donors (Lipinski definition) is 0. The van der Waals surface area contributed by atoms with Crippen molar-refractivity contribution in [2.45, 2.75) is 0 Å². The highest BCUT2D eigenvalue weighted by molar-refractivity contribution is 7.27. The lowest BCUT2D eigenvalue weighted by atomic mass is 9.95. The second-order valence-electron chi connectivity index (χ2n) is 14.0. The third-order valence-electron chi connectivity index (χ3n) is 10.9. The summed E-state index contributed by atoms with van der Waals surface area (Å²) in [4.78, 5) is 2.45. The van der Waals surface area contributed by atoms with Crippen molar-refractivity contribution in [3.05, 3.63) is 200 Å². The van der Waals surface area contributed by atoms with Gasteiger partial charge in [-0.15, -0.1) is 11.3 Å². The van der Waals surface area contributed by atoms with Gasteiger partial charge >= 0.3 is 0 Å². The molecule has 2 heterocycles. The van der Waals surface area contributed by atoms with E-state index < -0.39 is 0 Å². The second-order valence-corrected chi connectivity index (χ2v) is 15.0. The summed E-state index contributed by atoms with van der Waals surface area (Å²) in [5.74, 6) is 0. The zero-order valence-corrected chi connectivity index (χ0v) is 30.6. The van der Waals surface area contributed by atoms with E-state index in [1.807, 2.05) is 23.5 Å². The van der Waals surface area contributed by atoms with E-state index in [4.69, 9.17) is 4.42 Å². The highest BCUT2D eigenvalue weighted by Gasteiger charge is 2.22. The third kappa shape index (κ3) is 5.16. The Labute approximate surface area is 322 Å². The number of furan rings is 1. The molecule has 0 bridgehead atoms. The first-order valence-corrected chi connectivity index (χ1v) is 19.5. The molecular weight excluding hydrogens is 687 g/mol. The number of fused-ring (bicyclic) bond motifs is 8. The number of para-hydroxylation sites is 3. The van der Waals surface area contributed by atoms with Crippen molar-refractivity contribution in [3.8, 4) is 33.4 Å². The summed E-state index contributed by atoms with van der Waals surface area (Å²) in [6, 6.07) is 72.0. The molecule has 0 fully saturated rings. The maximum atomic E-state index is 6.45. The third-order valence-corrected chi connectivity index (χ3v) is 12.2. The summed E-state index contributed by atoms with van der Waals surface area (Å²) in [7, 11) is 0. The number of nitrogens with zero attached hydrogens (tertiary/aromatic N) is 1. The average Bonchev–Trinajstić information content (AvgIpc) is 3.84. The summed E-state index contributed by atoms with van der Waals surface area (Å²) in [6.45, 7) is 0. The Bertz CT molecular complexity index is 3190. The molecule has 258 valence electrons. The topological polar surface area (TPSA) is 16.4 Å². The van der Waals surface area contributed by atoms with Gasteiger partial charge in [0.1, 0.15) is 11.2 Å². The number of rotatable bonds is 6. The summed E-state index contributed by atoms with van der Waals surface area (Å²) in [5.41, 5.74) is 12.2. The van der Waals surface area contributed by atoms with Gasteiger partial charge in [-0.2, -0.15) is 0 Å². The molecule has 0 aliphatic heterocycles. The zero-order valence-electron chi connectivity index (χ0n) is 29.8. The highest BCUT2D eigenvalue weighted by atomic mass is 32.1. The molecule has 0 atom stereocenters. The van der Waals surface area contributed by atoms with Gasteiger partial charge in [0, 0.05) is 48.4 Å². The van der Waals surface area contributed by atoms with Crippen molar-refractivity contribution in [1.82, 2.24) is 0 Å². The molecule has 2 aromatic heterocycles. The fraction of sp³-hybridized carbons (Fsp3) is 0. The van der Waals surface area contributed by atoms with E-state index in [-0.39, 0.29) is 0 Å². The van der Waals surface area contributed by atoms with Crippen LogP contribution in [0.1, 0.15) is 0 Å². The fourth-order valence-electron chi connectivity index (χ4n) is 8.34. The molecule has 0 saturated carbocycles. The number of hydrogen-bond acceptors (Lipinski definition) is 3. The summed E-state index contributed by atoms with van der Waals surface area (Å²) in [6.07, 6.45) is 0. The van der Waals surface area contributed by atoms with Gasteiger partial charge in [-0.1, -0.05) is 164 Å². The molecule has 0 unspecified atom stereocenters. The molecule has 2 nitrogen and oxygen atoms in total. The lowest BCUT2D eigenvalue weighted by Crippen LogP contribution is -2.11. The van der Waals surface area contributed by atoms with Gasteiger partial charge in [-0.3, -0.25) is 0 Å². The van der Waals surface area contributed by atoms with Crippen molar-refractivity contribution >= 4 is 81.3 Å². The van der Waals surface area contributed by atoms with Crippen LogP contribution in [-0.4, -0.2) is 0 Å². The van der Waals surface area contributed by atoms with Crippen molar-refractivity contribution in [3.63, 3.8) is 0 Å². The molecule has 0 spiro atoms. The number of anilines is 3. The first-order chi connectivity index (χ1) is 27.3. The molecule has 55 heavy (non-hydrogen) atoms. The predicted molar refractivity (Wildman–Crippen MR) is 235 cm³/mol. The molecule has 0 aliphatic carbocycles. The van der Waals surface area contributed by atoms with Crippen molar-refractivity contribution in [2.24, 2.45) is 0 Å². The first kappa shape index (κ1) is 31.6. The molecule has 11 rings (SSSR count). The van der Waals surface area contributed by atoms with Crippen molar-refractivity contribution in [2.75, 3.05) is 4.90 Å². The molecule has 11 aromatic rings. The average molecular weight is 720 g/mol. The summed E-state index contributed by atoms with van der Waals surface area (Å²) in [5, 5.41) is 7.37. The van der Waals surface area contributed by atoms with Crippen LogP contribution in [0.5, 0.6) is 0 Å². The zero-order chi connectivity index (χ0) is 36.3. The Morgan fingerprint density at radius 1 is 0.345 bits per heavy atom. The number of benzene rings is 9. The fourth-order valence-corrected chi connectivity index (χ4v) is 9.66. The summed E-state index contributed by atoms with van der Waals surface area (Å²) >= 11 is 1.89. The van der Waals surface area contributed by atoms with Crippen LogP contribution in [0.2, 0.25) is 0 Å². The quantitative estimate of drug-likeness (QED) is 0.170. The van der Waals surface area contributed by atoms with Crippen molar-refractivity contribution < 1.29 is 4.42 Å². The van der Waals surface area contributed by atoms with E-state index in [0.717, 1.165) is 50.1 Å². The Morgan fingerprint density at radius 2 is 0.891 bits per heavy atom. The SMILES string of the molecule is c1ccc(-c2ccccc2N(c2ccc(-c3cccc4c3oc3ccccc34)cc2)c2cccc3c2sc2c4ccccc4c(-c4ccccc4)cc32)cc1. The molecule has 0 radical (unpaired) electrons. The van der Waals surface area contributed by atoms with E-state index in [9.17, 15) is 0 Å². The molecule has 3 heteroatoms. The van der Waals surface area contributed by atoms with E-state index in [1.165, 1.54) is 53.2 Å². The van der Waals surface area contributed by atoms with Gasteiger partial charge in [0.2, 0.25) is 0 Å². The summed E-state index contributed by atoms with van der Waals surface area (Å²) < 4.78 is 9.02. The van der Waals surface area contributed by atoms with Gasteiger partial charge in [0.05, 0.1) is 16.1 Å². The Balaban J connectivity index is 1.14. The van der Waals surface area contributed by atoms with Crippen molar-refractivity contribution in [1.29, 1.82) is 0 Å². The van der Waals surface area contributed by atoms with Crippen LogP contribution in [0.25, 0.3) is 86.3 Å². The monoisotopic (exact) mass is 719 g/mol. The van der Waals surface area contributed by atoms with Crippen LogP contribution < -0.4 is 4.90 Å². The standard InChI is InChI=1S/C52H33NOS/c1-3-15-34(16-4-1)38-19-9-11-26-47(38)53(37-31-29-36(30-32-37)39-23-13-24-42-41-21-10-12-28-49(41)54-50(39)42)48-27-14-25-44-46-33-45(35-17-5-2-6-18-35)40-20-7-8-22-43(40)51(46)55-52(44)48/h1-33H. The lowest BCUT2D eigenvalue weighted by molar-refractivity contribution is 0.670. The van der Waals surface area contributed by atoms with E-state index in [2.05, 4.69) is 193 Å². The Hall–Kier alpha value is -6.94. The molecule has 0 amide bonds. The van der Waals surface area contributed by atoms with Gasteiger partial charge in [-0.05, 0) is 64.0 Å². The normalized spacial score (nSPS) is 11.6. The van der Waals surface area contributed by atoms with Gasteiger partial charge in [-0.25, -0.2) is 0 Å². The van der Waals surface area contributed by atoms with Gasteiger partial charge in [0.15, 0.2) is 0 Å². The van der Waals surface area contributed by atoms with E-state index in [1.54, 1.807) is 0 Å². The molecule has 9 aromatic carbocycles. The second kappa shape index (κ2) is 12.9. The Morgan fingerprint density at radius 3 is 1.69 bits per heavy atom. The predicted octanol–water partition coefficient (Wildman–Crippen LogP) is 15.6. The number of thiophene rings is 1. The van der Waals surface area contributed by atoms with Crippen LogP contribution >= 0.6 is 11.3 Å². The Kier molecular flexibility index (Phi) is 7.39. The van der Waals surface area contributed by atoms with Crippen LogP contribution in [-0.2, 0) is 0 Å². The van der Waals surface area contributed by atoms with Gasteiger partial charge in [0.25, 0.3) is 0 Å². The van der Waals surface area contributed by atoms with E-state index in [0.29, 0.717) is 0 Å². The first-order valence-electron chi connectivity index (χ1n) is 18.7. The minimum absolute atomic E-state index is 0.908. The highest BCUT2D eigenvalue weighted by Crippen LogP contribution is 2.50. The lowest BCUT2D eigenvalue weighted by Gasteiger charge is -2.28.